The van der Waals surface area contributed by atoms with Gasteiger partial charge in [-0.05, 0) is 86.1 Å². The lowest BCUT2D eigenvalue weighted by molar-refractivity contribution is -0.432. The number of hydrogen-bond acceptors (Lipinski definition) is 4. The highest BCUT2D eigenvalue weighted by Crippen LogP contribution is 2.43. The summed E-state index contributed by atoms with van der Waals surface area (Å²) in [6, 6.07) is 3.75. The summed E-state index contributed by atoms with van der Waals surface area (Å²) in [5.41, 5.74) is -2.50. The first-order valence-corrected chi connectivity index (χ1v) is 16.2. The minimum absolute atomic E-state index is 0.0418. The number of halogens is 9. The summed E-state index contributed by atoms with van der Waals surface area (Å²) >= 11 is 0. The van der Waals surface area contributed by atoms with Crippen LogP contribution in [-0.2, 0) is 26.4 Å². The van der Waals surface area contributed by atoms with E-state index in [1.165, 1.54) is 44.6 Å². The molecule has 262 valence electrons. The summed E-state index contributed by atoms with van der Waals surface area (Å²) in [6.45, 7) is 3.61. The maximum absolute atomic E-state index is 15.0. The van der Waals surface area contributed by atoms with E-state index in [1.807, 2.05) is 0 Å². The van der Waals surface area contributed by atoms with E-state index in [1.54, 1.807) is 0 Å². The fourth-order valence-electron chi connectivity index (χ4n) is 7.38. The minimum Gasteiger partial charge on any atom is -0.429 e. The largest absolute Gasteiger partial charge is 0.527 e. The van der Waals surface area contributed by atoms with E-state index in [0.29, 0.717) is 49.5 Å². The number of rotatable bonds is 10. The molecule has 2 aromatic carbocycles. The van der Waals surface area contributed by atoms with Gasteiger partial charge >= 0.3 is 18.6 Å². The van der Waals surface area contributed by atoms with Crippen LogP contribution >= 0.6 is 0 Å². The lowest BCUT2D eigenvalue weighted by Gasteiger charge is -2.41. The zero-order chi connectivity index (χ0) is 34.0. The highest BCUT2D eigenvalue weighted by atomic mass is 19.4. The standard InChI is InChI=1S/C34H39F9O4/c1-2-3-20-4-6-22(7-5-20)25-18-44-31(45-19-25)23-10-8-21(9-11-23)24-12-14-27(29(35)16-24)32(37,38)46-26-13-15-28(30(36)17-26)33(39,40)47-34(41,42)43/h12-17,20-23,25,31H,2-11,18-19H2,1H3. The molecular formula is C34H39F9O4. The van der Waals surface area contributed by atoms with E-state index in [-0.39, 0.29) is 30.3 Å². The average Bonchev–Trinajstić information content (AvgIpc) is 3.00. The van der Waals surface area contributed by atoms with E-state index < -0.39 is 47.1 Å². The number of ether oxygens (including phenoxy) is 4. The summed E-state index contributed by atoms with van der Waals surface area (Å²) in [5.74, 6) is -2.31. The molecule has 2 saturated carbocycles. The number of benzene rings is 2. The van der Waals surface area contributed by atoms with Crippen molar-refractivity contribution in [1.82, 2.24) is 0 Å². The van der Waals surface area contributed by atoms with E-state index in [4.69, 9.17) is 9.47 Å². The van der Waals surface area contributed by atoms with Crippen LogP contribution < -0.4 is 4.74 Å². The second-order valence-electron chi connectivity index (χ2n) is 13.0. The van der Waals surface area contributed by atoms with E-state index in [9.17, 15) is 39.5 Å². The second kappa shape index (κ2) is 14.5. The quantitative estimate of drug-likeness (QED) is 0.234. The molecule has 1 aliphatic heterocycles. The van der Waals surface area contributed by atoms with Crippen molar-refractivity contribution in [3.63, 3.8) is 0 Å². The Bertz CT molecular complexity index is 1330. The first-order chi connectivity index (χ1) is 22.1. The van der Waals surface area contributed by atoms with Crippen molar-refractivity contribution in [2.75, 3.05) is 13.2 Å². The van der Waals surface area contributed by atoms with Gasteiger partial charge in [-0.15, -0.1) is 13.2 Å². The SMILES string of the molecule is CCCC1CCC(C2COC(C3CCC(c4ccc(C(F)(F)Oc5ccc(C(F)(F)OC(F)(F)F)c(F)c5)c(F)c4)CC3)OC2)CC1. The minimum atomic E-state index is -5.80. The van der Waals surface area contributed by atoms with Crippen molar-refractivity contribution in [2.24, 2.45) is 23.7 Å². The molecule has 2 aromatic rings. The lowest BCUT2D eigenvalue weighted by atomic mass is 9.74. The molecule has 0 amide bonds. The fourth-order valence-corrected chi connectivity index (χ4v) is 7.38. The molecule has 1 heterocycles. The van der Waals surface area contributed by atoms with Crippen molar-refractivity contribution in [3.8, 4) is 5.75 Å². The van der Waals surface area contributed by atoms with Crippen LogP contribution in [0.5, 0.6) is 5.75 Å². The van der Waals surface area contributed by atoms with Gasteiger partial charge in [0.05, 0.1) is 24.3 Å². The molecule has 0 spiro atoms. The maximum atomic E-state index is 15.0. The van der Waals surface area contributed by atoms with E-state index in [2.05, 4.69) is 16.4 Å². The summed E-state index contributed by atoms with van der Waals surface area (Å²) in [5, 5.41) is 0. The maximum Gasteiger partial charge on any atom is 0.527 e. The molecule has 5 rings (SSSR count). The topological polar surface area (TPSA) is 36.9 Å². The monoisotopic (exact) mass is 682 g/mol. The van der Waals surface area contributed by atoms with Crippen molar-refractivity contribution in [3.05, 3.63) is 64.7 Å². The summed E-state index contributed by atoms with van der Waals surface area (Å²) in [7, 11) is 0. The Hall–Kier alpha value is -2.51. The molecule has 13 heteroatoms. The molecule has 0 bridgehead atoms. The summed E-state index contributed by atoms with van der Waals surface area (Å²) in [6.07, 6.45) is -5.15. The predicted molar refractivity (Wildman–Crippen MR) is 153 cm³/mol. The number of hydrogen-bond donors (Lipinski definition) is 0. The molecule has 4 nitrogen and oxygen atoms in total. The van der Waals surface area contributed by atoms with Gasteiger partial charge in [0, 0.05) is 17.9 Å². The van der Waals surface area contributed by atoms with Crippen molar-refractivity contribution in [2.45, 2.75) is 102 Å². The van der Waals surface area contributed by atoms with Gasteiger partial charge in [0.2, 0.25) is 0 Å². The molecule has 3 fully saturated rings. The summed E-state index contributed by atoms with van der Waals surface area (Å²) in [4.78, 5) is 0. The average molecular weight is 683 g/mol. The van der Waals surface area contributed by atoms with Crippen LogP contribution in [0.2, 0.25) is 0 Å². The Kier molecular flexibility index (Phi) is 11.1. The van der Waals surface area contributed by atoms with Gasteiger partial charge in [-0.25, -0.2) is 13.5 Å². The van der Waals surface area contributed by atoms with Crippen molar-refractivity contribution >= 4 is 0 Å². The molecule has 2 aliphatic carbocycles. The molecule has 0 unspecified atom stereocenters. The first kappa shape index (κ1) is 35.8. The van der Waals surface area contributed by atoms with Crippen LogP contribution in [0, 0.1) is 35.3 Å². The molecule has 0 N–H and O–H groups in total. The van der Waals surface area contributed by atoms with Crippen LogP contribution in [0.1, 0.15) is 93.7 Å². The zero-order valence-electron chi connectivity index (χ0n) is 25.9. The van der Waals surface area contributed by atoms with Gasteiger partial charge in [0.1, 0.15) is 17.4 Å². The predicted octanol–water partition coefficient (Wildman–Crippen LogP) is 10.5. The third-order valence-electron chi connectivity index (χ3n) is 9.88. The lowest BCUT2D eigenvalue weighted by Crippen LogP contribution is -2.41. The molecule has 47 heavy (non-hydrogen) atoms. The van der Waals surface area contributed by atoms with Crippen molar-refractivity contribution < 1.29 is 58.5 Å². The molecule has 0 radical (unpaired) electrons. The van der Waals surface area contributed by atoms with Gasteiger partial charge < -0.3 is 14.2 Å². The highest BCUT2D eigenvalue weighted by Gasteiger charge is 2.48. The Balaban J connectivity index is 1.12. The summed E-state index contributed by atoms with van der Waals surface area (Å²) < 4.78 is 142. The van der Waals surface area contributed by atoms with Crippen molar-refractivity contribution in [1.29, 1.82) is 0 Å². The van der Waals surface area contributed by atoms with Gasteiger partial charge in [0.25, 0.3) is 0 Å². The third kappa shape index (κ3) is 8.94. The molecule has 1 saturated heterocycles. The molecule has 0 aromatic heterocycles. The normalized spacial score (nSPS) is 27.9. The van der Waals surface area contributed by atoms with E-state index >= 15 is 0 Å². The molecular weight excluding hydrogens is 643 g/mol. The molecule has 0 atom stereocenters. The van der Waals surface area contributed by atoms with Gasteiger partial charge in [-0.2, -0.15) is 17.6 Å². The van der Waals surface area contributed by atoms with Crippen LogP contribution in [0.15, 0.2) is 36.4 Å². The number of alkyl halides is 7. The van der Waals surface area contributed by atoms with Crippen LogP contribution in [0.25, 0.3) is 0 Å². The van der Waals surface area contributed by atoms with Crippen LogP contribution in [0.4, 0.5) is 39.5 Å². The Morgan fingerprint density at radius 2 is 1.26 bits per heavy atom. The third-order valence-corrected chi connectivity index (χ3v) is 9.88. The second-order valence-corrected chi connectivity index (χ2v) is 13.0. The first-order valence-electron chi connectivity index (χ1n) is 16.2. The Morgan fingerprint density at radius 3 is 1.83 bits per heavy atom. The van der Waals surface area contributed by atoms with E-state index in [0.717, 1.165) is 30.9 Å². The highest BCUT2D eigenvalue weighted by molar-refractivity contribution is 5.33. The Morgan fingerprint density at radius 1 is 0.681 bits per heavy atom. The van der Waals surface area contributed by atoms with Crippen LogP contribution in [0.3, 0.4) is 0 Å². The van der Waals surface area contributed by atoms with Crippen LogP contribution in [-0.4, -0.2) is 25.9 Å². The molecule has 3 aliphatic rings. The smallest absolute Gasteiger partial charge is 0.429 e. The van der Waals surface area contributed by atoms with Gasteiger partial charge in [-0.3, -0.25) is 0 Å². The Labute approximate surface area is 267 Å². The zero-order valence-corrected chi connectivity index (χ0v) is 25.9. The van der Waals surface area contributed by atoms with Gasteiger partial charge in [-0.1, -0.05) is 38.7 Å². The fraction of sp³-hybridized carbons (Fsp3) is 0.647. The van der Waals surface area contributed by atoms with Gasteiger partial charge in [0.15, 0.2) is 6.29 Å².